The van der Waals surface area contributed by atoms with Crippen LogP contribution in [0.2, 0.25) is 10.0 Å². The average molecular weight is 900 g/mol. The predicted molar refractivity (Wildman–Crippen MR) is 240 cm³/mol. The van der Waals surface area contributed by atoms with Crippen LogP contribution in [-0.4, -0.2) is 88.0 Å². The molecule has 5 heterocycles. The Bertz CT molecular complexity index is 2580. The lowest BCUT2D eigenvalue weighted by Gasteiger charge is -2.47. The van der Waals surface area contributed by atoms with Gasteiger partial charge in [-0.25, -0.2) is 9.18 Å². The standard InChI is InChI=1S/C47H53Cl2FN8O5/c1-55-37-25-30(13-15-35(37)58(45(55)63)36-16-17-38(59)53-42(36)60)57-22-20-56(21-23-57)26-27-8-11-29(12-9-27)51-43(61)41-39(31-6-5-7-33(49)40(31)50)47(46(54-41)18-3-2-4-19-46)32-14-10-28(48)24-34(32)52-44(47)62/h5-7,10,13-15,24-25,27,29,36,39,41,54H,2-4,8-9,11-12,16-23,26H2,1H3,(H,51,61)(H,52,62)(H,53,59,60)/t27?,29?,36?,39-,41+,47+/m0/s1. The van der Waals surface area contributed by atoms with Crippen molar-refractivity contribution < 1.29 is 23.6 Å². The van der Waals surface area contributed by atoms with Crippen molar-refractivity contribution in [1.29, 1.82) is 0 Å². The van der Waals surface area contributed by atoms with Gasteiger partial charge in [-0.3, -0.25) is 43.8 Å². The first-order valence-corrected chi connectivity index (χ1v) is 23.3. The van der Waals surface area contributed by atoms with Gasteiger partial charge in [-0.05, 0) is 98.4 Å². The smallest absolute Gasteiger partial charge is 0.329 e. The summed E-state index contributed by atoms with van der Waals surface area (Å²) in [7, 11) is 1.72. The highest BCUT2D eigenvalue weighted by Crippen LogP contribution is 2.63. The van der Waals surface area contributed by atoms with Crippen LogP contribution < -0.4 is 31.9 Å². The van der Waals surface area contributed by atoms with Crippen LogP contribution in [0.4, 0.5) is 15.8 Å². The number of nitrogens with one attached hydrogen (secondary N) is 4. The van der Waals surface area contributed by atoms with Crippen LogP contribution in [0.25, 0.3) is 11.0 Å². The number of hydrogen-bond donors (Lipinski definition) is 4. The van der Waals surface area contributed by atoms with E-state index >= 15 is 4.39 Å². The van der Waals surface area contributed by atoms with E-state index in [0.29, 0.717) is 41.4 Å². The van der Waals surface area contributed by atoms with E-state index < -0.39 is 40.7 Å². The number of piperazine rings is 1. The van der Waals surface area contributed by atoms with Gasteiger partial charge < -0.3 is 15.5 Å². The molecular formula is C47H53Cl2FN8O5. The van der Waals surface area contributed by atoms with E-state index in [2.05, 4.69) is 31.1 Å². The number of imidazole rings is 1. The van der Waals surface area contributed by atoms with Gasteiger partial charge in [0, 0.05) is 80.1 Å². The third-order valence-electron chi connectivity index (χ3n) is 15.3. The average Bonchev–Trinajstić information content (AvgIpc) is 3.83. The Labute approximate surface area is 375 Å². The highest BCUT2D eigenvalue weighted by molar-refractivity contribution is 6.31. The van der Waals surface area contributed by atoms with E-state index in [9.17, 15) is 24.0 Å². The number of benzene rings is 3. The molecule has 63 heavy (non-hydrogen) atoms. The molecule has 3 aromatic carbocycles. The second-order valence-corrected chi connectivity index (χ2v) is 19.5. The molecule has 332 valence electrons. The summed E-state index contributed by atoms with van der Waals surface area (Å²) in [6.45, 7) is 4.43. The molecule has 6 aliphatic rings. The Morgan fingerprint density at radius 1 is 0.873 bits per heavy atom. The van der Waals surface area contributed by atoms with Crippen molar-refractivity contribution >= 4 is 69.2 Å². The van der Waals surface area contributed by atoms with E-state index in [1.54, 1.807) is 35.9 Å². The van der Waals surface area contributed by atoms with Gasteiger partial charge in [0.15, 0.2) is 0 Å². The van der Waals surface area contributed by atoms with Crippen LogP contribution in [0, 0.1) is 11.7 Å². The quantitative estimate of drug-likeness (QED) is 0.168. The number of aromatic nitrogens is 2. The second kappa shape index (κ2) is 16.3. The first kappa shape index (κ1) is 42.2. The second-order valence-electron chi connectivity index (χ2n) is 18.7. The summed E-state index contributed by atoms with van der Waals surface area (Å²) in [6.07, 6.45) is 8.20. The van der Waals surface area contributed by atoms with Gasteiger partial charge in [0.05, 0.1) is 22.1 Å². The summed E-state index contributed by atoms with van der Waals surface area (Å²) in [5.41, 5.74) is 1.71. The number of piperidine rings is 1. The molecule has 4 aliphatic heterocycles. The molecule has 4 aromatic rings. The lowest BCUT2D eigenvalue weighted by atomic mass is 9.55. The Morgan fingerprint density at radius 2 is 1.63 bits per heavy atom. The number of anilines is 2. The van der Waals surface area contributed by atoms with Gasteiger partial charge in [-0.15, -0.1) is 0 Å². The zero-order chi connectivity index (χ0) is 43.8. The predicted octanol–water partition coefficient (Wildman–Crippen LogP) is 5.91. The minimum absolute atomic E-state index is 0.0460. The van der Waals surface area contributed by atoms with Crippen LogP contribution in [0.3, 0.4) is 0 Å². The molecule has 2 saturated carbocycles. The van der Waals surface area contributed by atoms with Crippen LogP contribution in [-0.2, 0) is 31.6 Å². The SMILES string of the molecule is Cn1c(=O)n(C2CCC(=O)NC2=O)c2ccc(N3CCN(CC4CCC(NC(=O)[C@@H]5NC6(CCCCC6)[C@@]6(C(=O)Nc7cc(Cl)ccc76)[C@H]5c5cccc(Cl)c5F)CC4)CC3)cc21. The molecule has 1 unspecified atom stereocenters. The Morgan fingerprint density at radius 3 is 2.38 bits per heavy atom. The maximum atomic E-state index is 16.3. The van der Waals surface area contributed by atoms with Crippen molar-refractivity contribution in [3.8, 4) is 0 Å². The van der Waals surface area contributed by atoms with E-state index in [0.717, 1.165) is 94.4 Å². The van der Waals surface area contributed by atoms with Crippen molar-refractivity contribution in [3.63, 3.8) is 0 Å². The van der Waals surface area contributed by atoms with Gasteiger partial charge >= 0.3 is 5.69 Å². The maximum absolute atomic E-state index is 16.3. The van der Waals surface area contributed by atoms with E-state index in [4.69, 9.17) is 23.2 Å². The molecule has 4 N–H and O–H groups in total. The fourth-order valence-corrected chi connectivity index (χ4v) is 12.7. The zero-order valence-electron chi connectivity index (χ0n) is 35.4. The van der Waals surface area contributed by atoms with Crippen LogP contribution in [0.15, 0.2) is 59.4 Å². The molecule has 0 bridgehead atoms. The monoisotopic (exact) mass is 898 g/mol. The van der Waals surface area contributed by atoms with Crippen molar-refractivity contribution in [3.05, 3.63) is 92.1 Å². The number of amides is 4. The fourth-order valence-electron chi connectivity index (χ4n) is 12.3. The summed E-state index contributed by atoms with van der Waals surface area (Å²) in [4.78, 5) is 72.0. The van der Waals surface area contributed by atoms with Crippen LogP contribution >= 0.6 is 23.2 Å². The lowest BCUT2D eigenvalue weighted by Crippen LogP contribution is -2.60. The summed E-state index contributed by atoms with van der Waals surface area (Å²) in [5, 5.41) is 13.0. The minimum Gasteiger partial charge on any atom is -0.369 e. The molecule has 13 nitrogen and oxygen atoms in total. The summed E-state index contributed by atoms with van der Waals surface area (Å²) in [6, 6.07) is 14.6. The number of rotatable bonds is 7. The van der Waals surface area contributed by atoms with E-state index in [-0.39, 0.29) is 46.5 Å². The molecule has 2 aliphatic carbocycles. The lowest BCUT2D eigenvalue weighted by molar-refractivity contribution is -0.136. The van der Waals surface area contributed by atoms with Gasteiger partial charge in [0.25, 0.3) is 0 Å². The summed E-state index contributed by atoms with van der Waals surface area (Å²) in [5.74, 6) is -2.21. The minimum atomic E-state index is -1.27. The van der Waals surface area contributed by atoms with Crippen LogP contribution in [0.1, 0.15) is 93.7 Å². The number of imide groups is 1. The molecule has 10 rings (SSSR count). The van der Waals surface area contributed by atoms with Gasteiger partial charge in [0.2, 0.25) is 23.6 Å². The van der Waals surface area contributed by atoms with Crippen molar-refractivity contribution in [1.82, 2.24) is 30.0 Å². The number of aryl methyl sites for hydroxylation is 1. The number of fused-ring (bicyclic) bond motifs is 4. The number of halogens is 3. The number of nitrogens with zero attached hydrogens (tertiary/aromatic N) is 4. The third-order valence-corrected chi connectivity index (χ3v) is 15.9. The molecule has 4 atom stereocenters. The molecule has 5 fully saturated rings. The highest BCUT2D eigenvalue weighted by Gasteiger charge is 2.72. The first-order valence-electron chi connectivity index (χ1n) is 22.5. The van der Waals surface area contributed by atoms with Gasteiger partial charge in [-0.1, -0.05) is 60.7 Å². The summed E-state index contributed by atoms with van der Waals surface area (Å²) >= 11 is 12.9. The largest absolute Gasteiger partial charge is 0.369 e. The molecule has 4 amide bonds. The number of carbonyl (C=O) groups is 4. The van der Waals surface area contributed by atoms with Crippen molar-refractivity contribution in [2.24, 2.45) is 13.0 Å². The molecule has 3 saturated heterocycles. The molecule has 0 radical (unpaired) electrons. The van der Waals surface area contributed by atoms with Gasteiger partial charge in [0.1, 0.15) is 17.3 Å². The van der Waals surface area contributed by atoms with E-state index in [1.165, 1.54) is 10.6 Å². The number of carbonyl (C=O) groups excluding carboxylic acids is 4. The zero-order valence-corrected chi connectivity index (χ0v) is 36.9. The Hall–Kier alpha value is -4.76. The van der Waals surface area contributed by atoms with Crippen molar-refractivity contribution in [2.45, 2.75) is 106 Å². The normalized spacial score (nSPS) is 28.4. The first-order chi connectivity index (χ1) is 30.4. The third kappa shape index (κ3) is 6.98. The molecule has 2 spiro atoms. The molecular weight excluding hydrogens is 846 g/mol. The van der Waals surface area contributed by atoms with Crippen LogP contribution in [0.5, 0.6) is 0 Å². The maximum Gasteiger partial charge on any atom is 0.329 e. The Kier molecular flexibility index (Phi) is 11.0. The topological polar surface area (TPSA) is 150 Å². The van der Waals surface area contributed by atoms with Crippen molar-refractivity contribution in [2.75, 3.05) is 42.9 Å². The fraction of sp³-hybridized carbons (Fsp3) is 0.511. The summed E-state index contributed by atoms with van der Waals surface area (Å²) < 4.78 is 19.4. The van der Waals surface area contributed by atoms with E-state index in [1.807, 2.05) is 24.3 Å². The Balaban J connectivity index is 0.801. The molecule has 1 aromatic heterocycles. The number of hydrogen-bond acceptors (Lipinski definition) is 8. The molecule has 16 heteroatoms. The highest BCUT2D eigenvalue weighted by atomic mass is 35.5. The van der Waals surface area contributed by atoms with Gasteiger partial charge in [-0.2, -0.15) is 0 Å².